The highest BCUT2D eigenvalue weighted by atomic mass is 19.4. The highest BCUT2D eigenvalue weighted by Crippen LogP contribution is 2.29. The maximum absolute atomic E-state index is 11.9. The van der Waals surface area contributed by atoms with Crippen LogP contribution in [0.2, 0.25) is 0 Å². The van der Waals surface area contributed by atoms with Gasteiger partial charge in [0.1, 0.15) is 0 Å². The summed E-state index contributed by atoms with van der Waals surface area (Å²) in [5.74, 6) is 0. The maximum Gasteiger partial charge on any atom is 0.389 e. The zero-order valence-corrected chi connectivity index (χ0v) is 9.45. The van der Waals surface area contributed by atoms with Gasteiger partial charge >= 0.3 is 6.18 Å². The number of aliphatic hydroxyl groups excluding tert-OH is 1. The third-order valence-electron chi connectivity index (χ3n) is 3.25. The van der Waals surface area contributed by atoms with Gasteiger partial charge in [-0.15, -0.1) is 0 Å². The molecule has 0 bridgehead atoms. The van der Waals surface area contributed by atoms with Crippen LogP contribution in [0.1, 0.15) is 44.9 Å². The lowest BCUT2D eigenvalue weighted by atomic mass is 9.99. The Morgan fingerprint density at radius 3 is 2.25 bits per heavy atom. The number of rotatable bonds is 6. The van der Waals surface area contributed by atoms with Gasteiger partial charge < -0.3 is 10.4 Å². The number of halogens is 3. The summed E-state index contributed by atoms with van der Waals surface area (Å²) in [6, 6.07) is 0. The Kier molecular flexibility index (Phi) is 5.05. The number of nitrogens with one attached hydrogen (secondary N) is 1. The fourth-order valence-corrected chi connectivity index (χ4v) is 2.25. The highest BCUT2D eigenvalue weighted by Gasteiger charge is 2.32. The molecule has 0 amide bonds. The number of unbranched alkanes of at least 4 members (excludes halogenated alkanes) is 1. The van der Waals surface area contributed by atoms with Crippen molar-refractivity contribution in [3.05, 3.63) is 0 Å². The van der Waals surface area contributed by atoms with Crippen molar-refractivity contribution in [3.63, 3.8) is 0 Å². The largest absolute Gasteiger partial charge is 0.394 e. The van der Waals surface area contributed by atoms with E-state index >= 15 is 0 Å². The van der Waals surface area contributed by atoms with Crippen molar-refractivity contribution in [2.75, 3.05) is 13.2 Å². The molecule has 0 aliphatic heterocycles. The minimum atomic E-state index is -4.04. The van der Waals surface area contributed by atoms with Gasteiger partial charge in [0, 0.05) is 12.0 Å². The smallest absolute Gasteiger partial charge is 0.389 e. The van der Waals surface area contributed by atoms with E-state index in [1.165, 1.54) is 0 Å². The summed E-state index contributed by atoms with van der Waals surface area (Å²) in [6.45, 7) is 0.656. The molecule has 5 heteroatoms. The molecular formula is C11H20F3NO. The van der Waals surface area contributed by atoms with Gasteiger partial charge in [-0.25, -0.2) is 0 Å². The first-order valence-corrected chi connectivity index (χ1v) is 5.90. The third-order valence-corrected chi connectivity index (χ3v) is 3.25. The summed E-state index contributed by atoms with van der Waals surface area (Å²) in [5.41, 5.74) is -0.210. The molecule has 0 unspecified atom stereocenters. The Morgan fingerprint density at radius 1 is 1.12 bits per heavy atom. The predicted molar refractivity (Wildman–Crippen MR) is 56.2 cm³/mol. The number of aliphatic hydroxyl groups is 1. The van der Waals surface area contributed by atoms with E-state index in [1.807, 2.05) is 0 Å². The fraction of sp³-hybridized carbons (Fsp3) is 1.00. The molecule has 96 valence electrons. The first-order chi connectivity index (χ1) is 7.47. The molecule has 0 saturated heterocycles. The molecule has 0 atom stereocenters. The van der Waals surface area contributed by atoms with Crippen LogP contribution in [0, 0.1) is 0 Å². The van der Waals surface area contributed by atoms with Crippen molar-refractivity contribution in [1.82, 2.24) is 5.32 Å². The zero-order valence-electron chi connectivity index (χ0n) is 9.45. The predicted octanol–water partition coefficient (Wildman–Crippen LogP) is 2.61. The van der Waals surface area contributed by atoms with Crippen LogP contribution in [0.15, 0.2) is 0 Å². The molecule has 1 rings (SSSR count). The van der Waals surface area contributed by atoms with Crippen molar-refractivity contribution in [1.29, 1.82) is 0 Å². The standard InChI is InChI=1S/C11H20F3NO/c12-11(13,14)7-3-4-8-15-10(9-16)5-1-2-6-10/h15-16H,1-9H2. The van der Waals surface area contributed by atoms with Crippen LogP contribution in [0.3, 0.4) is 0 Å². The zero-order chi connectivity index (χ0) is 12.1. The van der Waals surface area contributed by atoms with Gasteiger partial charge in [0.25, 0.3) is 0 Å². The molecule has 0 aromatic carbocycles. The van der Waals surface area contributed by atoms with E-state index < -0.39 is 12.6 Å². The molecule has 0 heterocycles. The van der Waals surface area contributed by atoms with Crippen molar-refractivity contribution < 1.29 is 18.3 Å². The van der Waals surface area contributed by atoms with Crippen LogP contribution in [0.4, 0.5) is 13.2 Å². The van der Waals surface area contributed by atoms with Crippen molar-refractivity contribution in [3.8, 4) is 0 Å². The second-order valence-electron chi connectivity index (χ2n) is 4.64. The topological polar surface area (TPSA) is 32.3 Å². The van der Waals surface area contributed by atoms with Gasteiger partial charge in [-0.05, 0) is 32.2 Å². The third kappa shape index (κ3) is 4.70. The molecule has 2 nitrogen and oxygen atoms in total. The molecule has 0 radical (unpaired) electrons. The van der Waals surface area contributed by atoms with Gasteiger partial charge in [0.05, 0.1) is 6.61 Å². The average Bonchev–Trinajstić information content (AvgIpc) is 2.65. The molecule has 1 fully saturated rings. The Balaban J connectivity index is 2.10. The van der Waals surface area contributed by atoms with Crippen LogP contribution in [0.25, 0.3) is 0 Å². The Hall–Kier alpha value is -0.290. The molecule has 16 heavy (non-hydrogen) atoms. The Labute approximate surface area is 94.2 Å². The number of hydrogen-bond acceptors (Lipinski definition) is 2. The first kappa shape index (κ1) is 13.8. The highest BCUT2D eigenvalue weighted by molar-refractivity contribution is 4.91. The lowest BCUT2D eigenvalue weighted by molar-refractivity contribution is -0.135. The van der Waals surface area contributed by atoms with Gasteiger partial charge in [-0.3, -0.25) is 0 Å². The van der Waals surface area contributed by atoms with E-state index in [0.717, 1.165) is 25.7 Å². The van der Waals surface area contributed by atoms with Crippen LogP contribution >= 0.6 is 0 Å². The molecule has 1 saturated carbocycles. The minimum Gasteiger partial charge on any atom is -0.394 e. The van der Waals surface area contributed by atoms with E-state index in [0.29, 0.717) is 13.0 Å². The summed E-state index contributed by atoms with van der Waals surface area (Å²) < 4.78 is 35.6. The van der Waals surface area contributed by atoms with Crippen LogP contribution in [0.5, 0.6) is 0 Å². The molecule has 1 aliphatic rings. The molecule has 2 N–H and O–H groups in total. The summed E-state index contributed by atoms with van der Waals surface area (Å²) in [6.07, 6.45) is -0.0140. The van der Waals surface area contributed by atoms with E-state index in [1.54, 1.807) is 0 Å². The molecule has 1 aliphatic carbocycles. The van der Waals surface area contributed by atoms with E-state index in [2.05, 4.69) is 5.32 Å². The Morgan fingerprint density at radius 2 is 1.75 bits per heavy atom. The number of hydrogen-bond donors (Lipinski definition) is 2. The maximum atomic E-state index is 11.9. The normalized spacial score (nSPS) is 20.2. The van der Waals surface area contributed by atoms with Gasteiger partial charge in [-0.1, -0.05) is 12.8 Å². The average molecular weight is 239 g/mol. The number of alkyl halides is 3. The van der Waals surface area contributed by atoms with Gasteiger partial charge in [0.15, 0.2) is 0 Å². The lowest BCUT2D eigenvalue weighted by Crippen LogP contribution is -2.46. The second kappa shape index (κ2) is 5.87. The summed E-state index contributed by atoms with van der Waals surface area (Å²) in [4.78, 5) is 0. The molecular weight excluding hydrogens is 219 g/mol. The van der Waals surface area contributed by atoms with Crippen LogP contribution in [-0.2, 0) is 0 Å². The van der Waals surface area contributed by atoms with E-state index in [9.17, 15) is 18.3 Å². The Bertz CT molecular complexity index is 200. The second-order valence-corrected chi connectivity index (χ2v) is 4.64. The molecule has 0 aromatic rings. The van der Waals surface area contributed by atoms with E-state index in [4.69, 9.17) is 0 Å². The summed E-state index contributed by atoms with van der Waals surface area (Å²) >= 11 is 0. The fourth-order valence-electron chi connectivity index (χ4n) is 2.25. The summed E-state index contributed by atoms with van der Waals surface area (Å²) in [5, 5.41) is 12.5. The van der Waals surface area contributed by atoms with Crippen LogP contribution in [-0.4, -0.2) is 30.0 Å². The molecule has 0 aromatic heterocycles. The van der Waals surface area contributed by atoms with E-state index in [-0.39, 0.29) is 18.6 Å². The van der Waals surface area contributed by atoms with Crippen molar-refractivity contribution >= 4 is 0 Å². The monoisotopic (exact) mass is 239 g/mol. The summed E-state index contributed by atoms with van der Waals surface area (Å²) in [7, 11) is 0. The van der Waals surface area contributed by atoms with Crippen molar-refractivity contribution in [2.24, 2.45) is 0 Å². The van der Waals surface area contributed by atoms with Crippen LogP contribution < -0.4 is 5.32 Å². The molecule has 0 spiro atoms. The van der Waals surface area contributed by atoms with Gasteiger partial charge in [0.2, 0.25) is 0 Å². The van der Waals surface area contributed by atoms with Gasteiger partial charge in [-0.2, -0.15) is 13.2 Å². The SMILES string of the molecule is OCC1(NCCCCC(F)(F)F)CCCC1. The lowest BCUT2D eigenvalue weighted by Gasteiger charge is -2.28. The minimum absolute atomic E-state index is 0.0896. The van der Waals surface area contributed by atoms with Crippen molar-refractivity contribution in [2.45, 2.75) is 56.7 Å². The quantitative estimate of drug-likeness (QED) is 0.698. The first-order valence-electron chi connectivity index (χ1n) is 5.90.